The van der Waals surface area contributed by atoms with Crippen LogP contribution in [0.25, 0.3) is 10.4 Å². The number of carbonyl (C=O) groups is 1. The Bertz CT molecular complexity index is 680. The smallest absolute Gasteiger partial charge is 0.273 e. The number of piperidine rings is 1. The first-order valence-electron chi connectivity index (χ1n) is 7.57. The molecule has 5 heteroatoms. The second kappa shape index (κ2) is 6.16. The molecule has 0 radical (unpaired) electrons. The molecule has 22 heavy (non-hydrogen) atoms. The fourth-order valence-corrected chi connectivity index (χ4v) is 3.81. The Morgan fingerprint density at radius 3 is 2.77 bits per heavy atom. The highest BCUT2D eigenvalue weighted by Gasteiger charge is 2.26. The van der Waals surface area contributed by atoms with Gasteiger partial charge >= 0.3 is 0 Å². The average molecular weight is 318 g/mol. The van der Waals surface area contributed by atoms with Gasteiger partial charge in [0.25, 0.3) is 5.91 Å². The maximum absolute atomic E-state index is 13.1. The summed E-state index contributed by atoms with van der Waals surface area (Å²) < 4.78 is 13.1. The first kappa shape index (κ1) is 15.2. The van der Waals surface area contributed by atoms with Crippen molar-refractivity contribution in [2.24, 2.45) is 5.92 Å². The van der Waals surface area contributed by atoms with E-state index in [4.69, 9.17) is 0 Å². The second-order valence-corrected chi connectivity index (χ2v) is 7.12. The maximum Gasteiger partial charge on any atom is 0.273 e. The monoisotopic (exact) mass is 318 g/mol. The average Bonchev–Trinajstić information content (AvgIpc) is 2.89. The number of halogens is 1. The second-order valence-electron chi connectivity index (χ2n) is 5.92. The zero-order chi connectivity index (χ0) is 15.7. The van der Waals surface area contributed by atoms with Crippen LogP contribution in [0, 0.1) is 18.7 Å². The van der Waals surface area contributed by atoms with Gasteiger partial charge in [-0.3, -0.25) is 4.79 Å². The molecular weight excluding hydrogens is 299 g/mol. The molecule has 3 rings (SSSR count). The fraction of sp³-hybridized carbons (Fsp3) is 0.412. The zero-order valence-electron chi connectivity index (χ0n) is 12.8. The molecule has 0 unspecified atom stereocenters. The Labute approximate surface area is 133 Å². The number of thiazole rings is 1. The number of aryl methyl sites for hydroxylation is 1. The van der Waals surface area contributed by atoms with E-state index in [0.717, 1.165) is 35.0 Å². The van der Waals surface area contributed by atoms with Crippen LogP contribution in [-0.4, -0.2) is 28.9 Å². The standard InChI is InChI=1S/C17H19FN2OS/c1-11-4-3-9-20(10-11)17(21)15-16(22-12(2)19-15)13-5-7-14(18)8-6-13/h5-8,11H,3-4,9-10H2,1-2H3/t11-/m0/s1. The molecule has 1 aliphatic heterocycles. The number of benzene rings is 1. The molecule has 116 valence electrons. The van der Waals surface area contributed by atoms with Crippen molar-refractivity contribution in [3.05, 3.63) is 40.8 Å². The van der Waals surface area contributed by atoms with E-state index >= 15 is 0 Å². The van der Waals surface area contributed by atoms with Gasteiger partial charge in [0, 0.05) is 13.1 Å². The summed E-state index contributed by atoms with van der Waals surface area (Å²) in [5, 5.41) is 0.854. The van der Waals surface area contributed by atoms with E-state index in [0.29, 0.717) is 11.6 Å². The Morgan fingerprint density at radius 2 is 2.09 bits per heavy atom. The van der Waals surface area contributed by atoms with Crippen molar-refractivity contribution >= 4 is 17.2 Å². The number of likely N-dealkylation sites (tertiary alicyclic amines) is 1. The minimum atomic E-state index is -0.275. The van der Waals surface area contributed by atoms with Gasteiger partial charge in [-0.05, 0) is 43.4 Å². The molecule has 1 atom stereocenters. The lowest BCUT2D eigenvalue weighted by atomic mass is 10.00. The maximum atomic E-state index is 13.1. The highest BCUT2D eigenvalue weighted by Crippen LogP contribution is 2.32. The summed E-state index contributed by atoms with van der Waals surface area (Å²) in [7, 11) is 0. The van der Waals surface area contributed by atoms with Crippen LogP contribution in [0.15, 0.2) is 24.3 Å². The van der Waals surface area contributed by atoms with Crippen LogP contribution in [0.1, 0.15) is 35.3 Å². The van der Waals surface area contributed by atoms with Crippen LogP contribution >= 0.6 is 11.3 Å². The number of carbonyl (C=O) groups excluding carboxylic acids is 1. The number of aromatic nitrogens is 1. The van der Waals surface area contributed by atoms with Crippen molar-refractivity contribution in [1.82, 2.24) is 9.88 Å². The predicted octanol–water partition coefficient (Wildman–Crippen LogP) is 4.13. The van der Waals surface area contributed by atoms with E-state index in [1.54, 1.807) is 12.1 Å². The third-order valence-electron chi connectivity index (χ3n) is 3.99. The van der Waals surface area contributed by atoms with Gasteiger partial charge in [-0.25, -0.2) is 9.37 Å². The molecule has 0 bridgehead atoms. The number of rotatable bonds is 2. The van der Waals surface area contributed by atoms with E-state index in [9.17, 15) is 9.18 Å². The lowest BCUT2D eigenvalue weighted by Crippen LogP contribution is -2.39. The van der Waals surface area contributed by atoms with Gasteiger partial charge in [0.2, 0.25) is 0 Å². The zero-order valence-corrected chi connectivity index (χ0v) is 13.6. The molecule has 2 heterocycles. The minimum absolute atomic E-state index is 0.00442. The van der Waals surface area contributed by atoms with E-state index in [1.807, 2.05) is 11.8 Å². The lowest BCUT2D eigenvalue weighted by Gasteiger charge is -2.30. The molecule has 0 N–H and O–H groups in total. The van der Waals surface area contributed by atoms with Crippen LogP contribution < -0.4 is 0 Å². The molecule has 1 amide bonds. The third kappa shape index (κ3) is 3.04. The van der Waals surface area contributed by atoms with Crippen molar-refractivity contribution in [3.8, 4) is 10.4 Å². The number of amides is 1. The molecule has 1 aliphatic rings. The molecule has 2 aromatic rings. The summed E-state index contributed by atoms with van der Waals surface area (Å²) in [6.07, 6.45) is 2.21. The van der Waals surface area contributed by atoms with Gasteiger partial charge in [0.05, 0.1) is 9.88 Å². The molecule has 1 saturated heterocycles. The molecule has 3 nitrogen and oxygen atoms in total. The van der Waals surface area contributed by atoms with E-state index in [-0.39, 0.29) is 11.7 Å². The predicted molar refractivity (Wildman–Crippen MR) is 86.5 cm³/mol. The van der Waals surface area contributed by atoms with Gasteiger partial charge in [0.15, 0.2) is 0 Å². The van der Waals surface area contributed by atoms with Gasteiger partial charge in [-0.2, -0.15) is 0 Å². The first-order valence-corrected chi connectivity index (χ1v) is 8.39. The number of hydrogen-bond donors (Lipinski definition) is 0. The molecule has 1 aromatic heterocycles. The molecular formula is C17H19FN2OS. The summed E-state index contributed by atoms with van der Waals surface area (Å²) in [4.78, 5) is 20.0. The lowest BCUT2D eigenvalue weighted by molar-refractivity contribution is 0.0678. The van der Waals surface area contributed by atoms with Gasteiger partial charge in [-0.15, -0.1) is 11.3 Å². The molecule has 0 aliphatic carbocycles. The molecule has 1 aromatic carbocycles. The van der Waals surface area contributed by atoms with Crippen LogP contribution in [0.3, 0.4) is 0 Å². The van der Waals surface area contributed by atoms with E-state index in [2.05, 4.69) is 11.9 Å². The van der Waals surface area contributed by atoms with Crippen LogP contribution in [-0.2, 0) is 0 Å². The largest absolute Gasteiger partial charge is 0.337 e. The fourth-order valence-electron chi connectivity index (χ4n) is 2.89. The highest BCUT2D eigenvalue weighted by atomic mass is 32.1. The van der Waals surface area contributed by atoms with Crippen LogP contribution in [0.4, 0.5) is 4.39 Å². The number of hydrogen-bond acceptors (Lipinski definition) is 3. The van der Waals surface area contributed by atoms with Gasteiger partial charge < -0.3 is 4.90 Å². The summed E-state index contributed by atoms with van der Waals surface area (Å²) >= 11 is 1.49. The van der Waals surface area contributed by atoms with Crippen molar-refractivity contribution in [2.75, 3.05) is 13.1 Å². The summed E-state index contributed by atoms with van der Waals surface area (Å²) in [6, 6.07) is 6.25. The quantitative estimate of drug-likeness (QED) is 0.834. The highest BCUT2D eigenvalue weighted by molar-refractivity contribution is 7.15. The Balaban J connectivity index is 1.93. The summed E-state index contributed by atoms with van der Waals surface area (Å²) in [5.74, 6) is 0.254. The Kier molecular flexibility index (Phi) is 4.25. The van der Waals surface area contributed by atoms with Crippen molar-refractivity contribution < 1.29 is 9.18 Å². The Hall–Kier alpha value is -1.75. The van der Waals surface area contributed by atoms with Crippen molar-refractivity contribution in [2.45, 2.75) is 26.7 Å². The number of nitrogens with zero attached hydrogens (tertiary/aromatic N) is 2. The molecule has 1 fully saturated rings. The SMILES string of the molecule is Cc1nc(C(=O)N2CCC[C@H](C)C2)c(-c2ccc(F)cc2)s1. The van der Waals surface area contributed by atoms with Crippen molar-refractivity contribution in [1.29, 1.82) is 0 Å². The van der Waals surface area contributed by atoms with Crippen LogP contribution in [0.2, 0.25) is 0 Å². The normalized spacial score (nSPS) is 18.5. The summed E-state index contributed by atoms with van der Waals surface area (Å²) in [5.41, 5.74) is 1.35. The van der Waals surface area contributed by atoms with Gasteiger partial charge in [-0.1, -0.05) is 19.1 Å². The molecule has 0 saturated carbocycles. The van der Waals surface area contributed by atoms with E-state index in [1.165, 1.54) is 29.9 Å². The molecule has 0 spiro atoms. The summed E-state index contributed by atoms with van der Waals surface area (Å²) in [6.45, 7) is 5.65. The van der Waals surface area contributed by atoms with Crippen LogP contribution in [0.5, 0.6) is 0 Å². The van der Waals surface area contributed by atoms with Gasteiger partial charge in [0.1, 0.15) is 11.5 Å². The first-order chi connectivity index (χ1) is 10.5. The Morgan fingerprint density at radius 1 is 1.36 bits per heavy atom. The van der Waals surface area contributed by atoms with E-state index < -0.39 is 0 Å². The minimum Gasteiger partial charge on any atom is -0.337 e. The topological polar surface area (TPSA) is 33.2 Å². The van der Waals surface area contributed by atoms with Crippen molar-refractivity contribution in [3.63, 3.8) is 0 Å². The third-order valence-corrected chi connectivity index (χ3v) is 5.01.